The summed E-state index contributed by atoms with van der Waals surface area (Å²) in [5, 5.41) is 3.34. The van der Waals surface area contributed by atoms with Crippen molar-refractivity contribution in [1.82, 2.24) is 15.1 Å². The van der Waals surface area contributed by atoms with Crippen molar-refractivity contribution >= 4 is 5.91 Å². The fourth-order valence-corrected chi connectivity index (χ4v) is 3.31. The van der Waals surface area contributed by atoms with Gasteiger partial charge in [-0.2, -0.15) is 0 Å². The van der Waals surface area contributed by atoms with Crippen molar-refractivity contribution in [2.45, 2.75) is 58.2 Å². The molecule has 2 aliphatic rings. The second-order valence-electron chi connectivity index (χ2n) is 5.70. The summed E-state index contributed by atoms with van der Waals surface area (Å²) in [4.78, 5) is 17.2. The number of likely N-dealkylation sites (tertiary alicyclic amines) is 1. The molecule has 2 rings (SSSR count). The number of hydrogen-bond acceptors (Lipinski definition) is 3. The zero-order chi connectivity index (χ0) is 13.1. The van der Waals surface area contributed by atoms with Gasteiger partial charge in [0.2, 0.25) is 5.91 Å². The lowest BCUT2D eigenvalue weighted by Gasteiger charge is -2.37. The minimum absolute atomic E-state index is 0.0432. The normalized spacial score (nSPS) is 31.6. The van der Waals surface area contributed by atoms with Gasteiger partial charge in [-0.3, -0.25) is 9.69 Å². The van der Waals surface area contributed by atoms with Crippen LogP contribution in [0.25, 0.3) is 0 Å². The molecule has 0 aliphatic carbocycles. The van der Waals surface area contributed by atoms with Crippen LogP contribution in [-0.4, -0.2) is 60.0 Å². The van der Waals surface area contributed by atoms with Crippen LogP contribution < -0.4 is 5.32 Å². The predicted octanol–water partition coefficient (Wildman–Crippen LogP) is 1.07. The SMILES string of the molecule is CCC1CCC(C)N1C(=O)C(C)N1CCNCC1. The molecule has 3 unspecified atom stereocenters. The number of nitrogens with zero attached hydrogens (tertiary/aromatic N) is 2. The number of rotatable bonds is 3. The Balaban J connectivity index is 2.00. The van der Waals surface area contributed by atoms with E-state index in [1.54, 1.807) is 0 Å². The van der Waals surface area contributed by atoms with Crippen LogP contribution in [-0.2, 0) is 4.79 Å². The third kappa shape index (κ3) is 2.69. The van der Waals surface area contributed by atoms with Crippen LogP contribution in [0.1, 0.15) is 40.0 Å². The van der Waals surface area contributed by atoms with E-state index in [0.717, 1.165) is 32.6 Å². The van der Waals surface area contributed by atoms with Gasteiger partial charge in [-0.25, -0.2) is 0 Å². The molecule has 2 saturated heterocycles. The second kappa shape index (κ2) is 6.02. The maximum absolute atomic E-state index is 12.7. The maximum atomic E-state index is 12.7. The van der Waals surface area contributed by atoms with E-state index >= 15 is 0 Å². The van der Waals surface area contributed by atoms with Gasteiger partial charge in [0.15, 0.2) is 0 Å². The summed E-state index contributed by atoms with van der Waals surface area (Å²) in [6.07, 6.45) is 3.43. The van der Waals surface area contributed by atoms with Crippen LogP contribution in [0.2, 0.25) is 0 Å². The van der Waals surface area contributed by atoms with Gasteiger partial charge in [0.25, 0.3) is 0 Å². The molecule has 0 spiro atoms. The number of nitrogens with one attached hydrogen (secondary N) is 1. The number of carbonyl (C=O) groups excluding carboxylic acids is 1. The van der Waals surface area contributed by atoms with Crippen LogP contribution in [0, 0.1) is 0 Å². The van der Waals surface area contributed by atoms with E-state index in [-0.39, 0.29) is 6.04 Å². The Kier molecular flexibility index (Phi) is 4.62. The molecule has 4 heteroatoms. The maximum Gasteiger partial charge on any atom is 0.240 e. The van der Waals surface area contributed by atoms with Gasteiger partial charge in [0, 0.05) is 38.3 Å². The summed E-state index contributed by atoms with van der Waals surface area (Å²) in [5.74, 6) is 0.341. The first-order valence-electron chi connectivity index (χ1n) is 7.42. The average Bonchev–Trinajstić information content (AvgIpc) is 2.79. The molecule has 3 atom stereocenters. The van der Waals surface area contributed by atoms with E-state index in [1.165, 1.54) is 12.8 Å². The first kappa shape index (κ1) is 13.8. The van der Waals surface area contributed by atoms with Crippen LogP contribution >= 0.6 is 0 Å². The quantitative estimate of drug-likeness (QED) is 0.817. The molecule has 0 aromatic carbocycles. The minimum Gasteiger partial charge on any atom is -0.336 e. The third-order valence-corrected chi connectivity index (χ3v) is 4.57. The fourth-order valence-electron chi connectivity index (χ4n) is 3.31. The largest absolute Gasteiger partial charge is 0.336 e. The molecule has 0 saturated carbocycles. The standard InChI is InChI=1S/C14H27N3O/c1-4-13-6-5-11(2)17(13)14(18)12(3)16-9-7-15-8-10-16/h11-13,15H,4-10H2,1-3H3. The van der Waals surface area contributed by atoms with Crippen molar-refractivity contribution in [2.24, 2.45) is 0 Å². The van der Waals surface area contributed by atoms with Crippen molar-refractivity contribution < 1.29 is 4.79 Å². The van der Waals surface area contributed by atoms with E-state index in [9.17, 15) is 4.79 Å². The van der Waals surface area contributed by atoms with Crippen molar-refractivity contribution in [2.75, 3.05) is 26.2 Å². The molecular formula is C14H27N3O. The number of carbonyl (C=O) groups is 1. The Hall–Kier alpha value is -0.610. The molecular weight excluding hydrogens is 226 g/mol. The zero-order valence-corrected chi connectivity index (χ0v) is 12.0. The predicted molar refractivity (Wildman–Crippen MR) is 73.5 cm³/mol. The lowest BCUT2D eigenvalue weighted by Crippen LogP contribution is -2.55. The van der Waals surface area contributed by atoms with Crippen molar-refractivity contribution in [3.8, 4) is 0 Å². The van der Waals surface area contributed by atoms with Gasteiger partial charge < -0.3 is 10.2 Å². The summed E-state index contributed by atoms with van der Waals surface area (Å²) in [6.45, 7) is 10.5. The topological polar surface area (TPSA) is 35.6 Å². The van der Waals surface area contributed by atoms with Crippen LogP contribution in [0.5, 0.6) is 0 Å². The fraction of sp³-hybridized carbons (Fsp3) is 0.929. The average molecular weight is 253 g/mol. The molecule has 104 valence electrons. The van der Waals surface area contributed by atoms with Crippen LogP contribution in [0.15, 0.2) is 0 Å². The molecule has 1 amide bonds. The van der Waals surface area contributed by atoms with Crippen molar-refractivity contribution in [3.63, 3.8) is 0 Å². The van der Waals surface area contributed by atoms with Gasteiger partial charge in [0.1, 0.15) is 0 Å². The van der Waals surface area contributed by atoms with E-state index in [1.807, 2.05) is 0 Å². The number of piperazine rings is 1. The first-order valence-corrected chi connectivity index (χ1v) is 7.42. The van der Waals surface area contributed by atoms with Crippen LogP contribution in [0.3, 0.4) is 0 Å². The van der Waals surface area contributed by atoms with Gasteiger partial charge >= 0.3 is 0 Å². The zero-order valence-electron chi connectivity index (χ0n) is 12.0. The summed E-state index contributed by atoms with van der Waals surface area (Å²) in [7, 11) is 0. The first-order chi connectivity index (χ1) is 8.65. The number of hydrogen-bond donors (Lipinski definition) is 1. The lowest BCUT2D eigenvalue weighted by atomic mass is 10.1. The molecule has 0 bridgehead atoms. The van der Waals surface area contributed by atoms with E-state index in [0.29, 0.717) is 18.0 Å². The molecule has 2 aliphatic heterocycles. The molecule has 18 heavy (non-hydrogen) atoms. The Labute approximate surface area is 111 Å². The molecule has 4 nitrogen and oxygen atoms in total. The Morgan fingerprint density at radius 3 is 2.61 bits per heavy atom. The summed E-state index contributed by atoms with van der Waals surface area (Å²) >= 11 is 0. The molecule has 2 heterocycles. The Morgan fingerprint density at radius 2 is 2.00 bits per heavy atom. The monoisotopic (exact) mass is 253 g/mol. The van der Waals surface area contributed by atoms with E-state index in [4.69, 9.17) is 0 Å². The molecule has 0 aromatic rings. The molecule has 0 aromatic heterocycles. The van der Waals surface area contributed by atoms with Gasteiger partial charge in [0.05, 0.1) is 6.04 Å². The highest BCUT2D eigenvalue weighted by Crippen LogP contribution is 2.27. The third-order valence-electron chi connectivity index (χ3n) is 4.57. The Morgan fingerprint density at radius 1 is 1.33 bits per heavy atom. The van der Waals surface area contributed by atoms with Crippen molar-refractivity contribution in [1.29, 1.82) is 0 Å². The molecule has 0 radical (unpaired) electrons. The molecule has 1 N–H and O–H groups in total. The van der Waals surface area contributed by atoms with Gasteiger partial charge in [-0.15, -0.1) is 0 Å². The highest BCUT2D eigenvalue weighted by Gasteiger charge is 2.36. The minimum atomic E-state index is 0.0432. The lowest BCUT2D eigenvalue weighted by molar-refractivity contribution is -0.139. The van der Waals surface area contributed by atoms with E-state index < -0.39 is 0 Å². The highest BCUT2D eigenvalue weighted by atomic mass is 16.2. The molecule has 2 fully saturated rings. The number of amides is 1. The van der Waals surface area contributed by atoms with E-state index in [2.05, 4.69) is 35.9 Å². The summed E-state index contributed by atoms with van der Waals surface area (Å²) < 4.78 is 0. The Bertz CT molecular complexity index is 289. The van der Waals surface area contributed by atoms with Crippen molar-refractivity contribution in [3.05, 3.63) is 0 Å². The summed E-state index contributed by atoms with van der Waals surface area (Å²) in [6, 6.07) is 0.937. The smallest absolute Gasteiger partial charge is 0.240 e. The second-order valence-corrected chi connectivity index (χ2v) is 5.70. The highest BCUT2D eigenvalue weighted by molar-refractivity contribution is 5.82. The van der Waals surface area contributed by atoms with Crippen LogP contribution in [0.4, 0.5) is 0 Å². The summed E-state index contributed by atoms with van der Waals surface area (Å²) in [5.41, 5.74) is 0. The van der Waals surface area contributed by atoms with Gasteiger partial charge in [-0.05, 0) is 33.1 Å². The van der Waals surface area contributed by atoms with Gasteiger partial charge in [-0.1, -0.05) is 6.92 Å².